The van der Waals surface area contributed by atoms with Crippen LogP contribution >= 0.6 is 11.8 Å². The van der Waals surface area contributed by atoms with E-state index in [-0.39, 0.29) is 23.9 Å². The summed E-state index contributed by atoms with van der Waals surface area (Å²) in [4.78, 5) is 44.9. The van der Waals surface area contributed by atoms with Gasteiger partial charge in [0.25, 0.3) is 5.56 Å². The second kappa shape index (κ2) is 10.9. The van der Waals surface area contributed by atoms with Gasteiger partial charge in [-0.3, -0.25) is 9.59 Å². The van der Waals surface area contributed by atoms with Crippen LogP contribution in [-0.4, -0.2) is 34.3 Å². The first-order valence-corrected chi connectivity index (χ1v) is 12.9. The topological polar surface area (TPSA) is 108 Å². The summed E-state index contributed by atoms with van der Waals surface area (Å²) in [5.41, 5.74) is 3.80. The van der Waals surface area contributed by atoms with Crippen molar-refractivity contribution in [3.05, 3.63) is 111 Å². The van der Waals surface area contributed by atoms with E-state index in [0.717, 1.165) is 22.9 Å². The van der Waals surface area contributed by atoms with Gasteiger partial charge in [0, 0.05) is 17.5 Å². The summed E-state index contributed by atoms with van der Waals surface area (Å²) in [5, 5.41) is 0.369. The third-order valence-electron chi connectivity index (χ3n) is 6.05. The highest BCUT2D eigenvalue weighted by Gasteiger charge is 2.16. The Morgan fingerprint density at radius 2 is 1.66 bits per heavy atom. The molecule has 0 atom stereocenters. The Labute approximate surface area is 223 Å². The number of esters is 1. The lowest BCUT2D eigenvalue weighted by atomic mass is 10.1. The van der Waals surface area contributed by atoms with E-state index in [1.54, 1.807) is 43.3 Å². The summed E-state index contributed by atoms with van der Waals surface area (Å²) in [7, 11) is 0. The number of aryl methyl sites for hydroxylation is 1. The molecule has 0 bridgehead atoms. The molecule has 5 rings (SSSR count). The van der Waals surface area contributed by atoms with Crippen molar-refractivity contribution in [2.45, 2.75) is 25.4 Å². The molecule has 0 fully saturated rings. The molecule has 192 valence electrons. The number of nitrogens with zero attached hydrogens (tertiary/aromatic N) is 1. The molecule has 0 aliphatic carbocycles. The maximum Gasteiger partial charge on any atom is 0.343 e. The standard InChI is InChI=1S/C29H24N2O6S/c1-17-3-6-21(7-4-17)28(34)37-22-10-8-20(9-11-22)24(32)15-38-29-30-23(18(2)27(33)31-29)13-19-5-12-25-26(14-19)36-16-35-25/h3-12,14H,13,15-16H2,1-2H3,(H,30,31,33). The van der Waals surface area contributed by atoms with E-state index in [2.05, 4.69) is 9.97 Å². The number of benzene rings is 3. The van der Waals surface area contributed by atoms with E-state index >= 15 is 0 Å². The summed E-state index contributed by atoms with van der Waals surface area (Å²) in [5.74, 6) is 1.17. The highest BCUT2D eigenvalue weighted by molar-refractivity contribution is 7.99. The van der Waals surface area contributed by atoms with E-state index in [1.807, 2.05) is 37.3 Å². The zero-order valence-electron chi connectivity index (χ0n) is 20.8. The Hall–Kier alpha value is -4.37. The number of hydrogen-bond donors (Lipinski definition) is 1. The van der Waals surface area contributed by atoms with Crippen molar-refractivity contribution in [2.75, 3.05) is 12.5 Å². The molecule has 0 amide bonds. The maximum absolute atomic E-state index is 12.8. The van der Waals surface area contributed by atoms with Crippen molar-refractivity contribution >= 4 is 23.5 Å². The van der Waals surface area contributed by atoms with Gasteiger partial charge in [-0.2, -0.15) is 0 Å². The Bertz CT molecular complexity index is 1560. The van der Waals surface area contributed by atoms with Gasteiger partial charge in [-0.05, 0) is 67.9 Å². The SMILES string of the molecule is Cc1ccc(C(=O)Oc2ccc(C(=O)CSc3nc(Cc4ccc5c(c4)OCO5)c(C)c(=O)[nH]3)cc2)cc1. The van der Waals surface area contributed by atoms with Gasteiger partial charge in [-0.15, -0.1) is 0 Å². The number of ether oxygens (including phenoxy) is 3. The van der Waals surface area contributed by atoms with E-state index < -0.39 is 5.97 Å². The first kappa shape index (κ1) is 25.3. The molecule has 8 nitrogen and oxygen atoms in total. The number of carbonyl (C=O) groups is 2. The van der Waals surface area contributed by atoms with Crippen LogP contribution in [0.25, 0.3) is 0 Å². The summed E-state index contributed by atoms with van der Waals surface area (Å²) < 4.78 is 16.2. The molecule has 9 heteroatoms. The van der Waals surface area contributed by atoms with Crippen molar-refractivity contribution in [2.24, 2.45) is 0 Å². The molecule has 0 unspecified atom stereocenters. The Morgan fingerprint density at radius 1 is 0.947 bits per heavy atom. The number of nitrogens with one attached hydrogen (secondary N) is 1. The average Bonchev–Trinajstić information content (AvgIpc) is 3.39. The van der Waals surface area contributed by atoms with E-state index in [9.17, 15) is 14.4 Å². The first-order chi connectivity index (χ1) is 18.4. The molecule has 0 spiro atoms. The molecule has 0 saturated heterocycles. The van der Waals surface area contributed by atoms with Crippen molar-refractivity contribution in [1.82, 2.24) is 9.97 Å². The fraction of sp³-hybridized carbons (Fsp3) is 0.172. The first-order valence-electron chi connectivity index (χ1n) is 11.9. The minimum absolute atomic E-state index is 0.0813. The zero-order valence-corrected chi connectivity index (χ0v) is 21.6. The number of aromatic amines is 1. The lowest BCUT2D eigenvalue weighted by Gasteiger charge is -2.09. The molecule has 3 aromatic carbocycles. The number of aromatic nitrogens is 2. The molecule has 0 saturated carbocycles. The number of thioether (sulfide) groups is 1. The molecule has 1 aliphatic heterocycles. The minimum Gasteiger partial charge on any atom is -0.454 e. The van der Waals surface area contributed by atoms with E-state index in [4.69, 9.17) is 14.2 Å². The van der Waals surface area contributed by atoms with Gasteiger partial charge in [0.15, 0.2) is 22.4 Å². The molecular formula is C29H24N2O6S. The van der Waals surface area contributed by atoms with Crippen LogP contribution in [0.2, 0.25) is 0 Å². The third-order valence-corrected chi connectivity index (χ3v) is 6.93. The smallest absolute Gasteiger partial charge is 0.343 e. The largest absolute Gasteiger partial charge is 0.454 e. The highest BCUT2D eigenvalue weighted by atomic mass is 32.2. The molecule has 4 aromatic rings. The lowest BCUT2D eigenvalue weighted by molar-refractivity contribution is 0.0734. The normalized spacial score (nSPS) is 11.8. The van der Waals surface area contributed by atoms with Gasteiger partial charge in [0.2, 0.25) is 6.79 Å². The monoisotopic (exact) mass is 528 g/mol. The van der Waals surface area contributed by atoms with Crippen LogP contribution in [0.15, 0.2) is 76.7 Å². The minimum atomic E-state index is -0.467. The number of carbonyl (C=O) groups excluding carboxylic acids is 2. The third kappa shape index (κ3) is 5.78. The average molecular weight is 529 g/mol. The highest BCUT2D eigenvalue weighted by Crippen LogP contribution is 2.33. The van der Waals surface area contributed by atoms with Crippen molar-refractivity contribution in [3.63, 3.8) is 0 Å². The molecule has 1 aliphatic rings. The molecular weight excluding hydrogens is 504 g/mol. The fourth-order valence-corrected chi connectivity index (χ4v) is 4.60. The van der Waals surface area contributed by atoms with Gasteiger partial charge in [0.05, 0.1) is 17.0 Å². The molecule has 1 N–H and O–H groups in total. The van der Waals surface area contributed by atoms with Crippen LogP contribution in [0.3, 0.4) is 0 Å². The van der Waals surface area contributed by atoms with Crippen LogP contribution in [-0.2, 0) is 6.42 Å². The quantitative estimate of drug-likeness (QED) is 0.113. The molecule has 0 radical (unpaired) electrons. The number of ketones is 1. The van der Waals surface area contributed by atoms with Crippen molar-refractivity contribution in [3.8, 4) is 17.2 Å². The predicted octanol–water partition coefficient (Wildman–Crippen LogP) is 4.90. The second-order valence-electron chi connectivity index (χ2n) is 8.80. The van der Waals surface area contributed by atoms with Crippen LogP contribution in [0.1, 0.15) is 43.1 Å². The number of H-pyrrole nitrogens is 1. The Kier molecular flexibility index (Phi) is 7.28. The van der Waals surface area contributed by atoms with Crippen molar-refractivity contribution in [1.29, 1.82) is 0 Å². The van der Waals surface area contributed by atoms with Crippen LogP contribution in [0, 0.1) is 13.8 Å². The number of Topliss-reactive ketones (excluding diaryl/α,β-unsaturated/α-hetero) is 1. The summed E-state index contributed by atoms with van der Waals surface area (Å²) >= 11 is 1.16. The van der Waals surface area contributed by atoms with Gasteiger partial charge in [-0.25, -0.2) is 9.78 Å². The van der Waals surface area contributed by atoms with E-state index in [0.29, 0.717) is 51.2 Å². The molecule has 38 heavy (non-hydrogen) atoms. The summed E-state index contributed by atoms with van der Waals surface area (Å²) in [6, 6.07) is 19.1. The Balaban J connectivity index is 1.21. The number of rotatable bonds is 8. The summed E-state index contributed by atoms with van der Waals surface area (Å²) in [6.07, 6.45) is 0.441. The Morgan fingerprint density at radius 3 is 2.42 bits per heavy atom. The maximum atomic E-state index is 12.8. The second-order valence-corrected chi connectivity index (χ2v) is 9.76. The van der Waals surface area contributed by atoms with Crippen LogP contribution in [0.4, 0.5) is 0 Å². The van der Waals surface area contributed by atoms with Gasteiger partial charge in [0.1, 0.15) is 5.75 Å². The van der Waals surface area contributed by atoms with Gasteiger partial charge >= 0.3 is 5.97 Å². The lowest BCUT2D eigenvalue weighted by Crippen LogP contribution is -2.16. The fourth-order valence-electron chi connectivity index (χ4n) is 3.82. The summed E-state index contributed by atoms with van der Waals surface area (Å²) in [6.45, 7) is 3.86. The molecule has 2 heterocycles. The van der Waals surface area contributed by atoms with Crippen molar-refractivity contribution < 1.29 is 23.8 Å². The predicted molar refractivity (Wildman–Crippen MR) is 143 cm³/mol. The van der Waals surface area contributed by atoms with Gasteiger partial charge < -0.3 is 19.2 Å². The zero-order chi connectivity index (χ0) is 26.6. The van der Waals surface area contributed by atoms with Crippen LogP contribution in [0.5, 0.6) is 17.2 Å². The van der Waals surface area contributed by atoms with E-state index in [1.165, 1.54) is 0 Å². The number of hydrogen-bond acceptors (Lipinski definition) is 8. The number of fused-ring (bicyclic) bond motifs is 1. The van der Waals surface area contributed by atoms with Gasteiger partial charge in [-0.1, -0.05) is 35.5 Å². The molecule has 1 aromatic heterocycles. The van der Waals surface area contributed by atoms with Crippen LogP contribution < -0.4 is 19.8 Å².